The minimum atomic E-state index is -0.300. The van der Waals surface area contributed by atoms with Gasteiger partial charge in [-0.3, -0.25) is 4.99 Å². The minimum Gasteiger partial charge on any atom is -0.461 e. The highest BCUT2D eigenvalue weighted by Crippen LogP contribution is 2.05. The van der Waals surface area contributed by atoms with Gasteiger partial charge in [0.05, 0.1) is 6.61 Å². The van der Waals surface area contributed by atoms with Gasteiger partial charge in [0.15, 0.2) is 5.04 Å². The van der Waals surface area contributed by atoms with Gasteiger partial charge in [-0.15, -0.1) is 0 Å². The van der Waals surface area contributed by atoms with Gasteiger partial charge in [-0.25, -0.2) is 4.79 Å². The van der Waals surface area contributed by atoms with Crippen molar-refractivity contribution in [2.75, 3.05) is 18.9 Å². The molecule has 0 spiro atoms. The number of carbonyl (C=O) groups excluding carboxylic acids is 1. The van der Waals surface area contributed by atoms with Crippen LogP contribution in [0.2, 0.25) is 0 Å². The standard InChI is InChI=1S/C8H15NO2S/c1-4-9-7(12-6-3)8(10)11-5-2/h4-6H2,1-3H3. The van der Waals surface area contributed by atoms with Crippen molar-refractivity contribution in [2.45, 2.75) is 20.8 Å². The molecule has 0 bridgehead atoms. The van der Waals surface area contributed by atoms with Crippen molar-refractivity contribution in [3.05, 3.63) is 0 Å². The molecular weight excluding hydrogens is 174 g/mol. The van der Waals surface area contributed by atoms with Crippen molar-refractivity contribution < 1.29 is 9.53 Å². The van der Waals surface area contributed by atoms with E-state index in [1.165, 1.54) is 11.8 Å². The summed E-state index contributed by atoms with van der Waals surface area (Å²) < 4.78 is 4.82. The van der Waals surface area contributed by atoms with Crippen molar-refractivity contribution in [3.63, 3.8) is 0 Å². The lowest BCUT2D eigenvalue weighted by atomic mass is 10.7. The van der Waals surface area contributed by atoms with Crippen LogP contribution in [0, 0.1) is 0 Å². The molecule has 0 aromatic heterocycles. The van der Waals surface area contributed by atoms with E-state index in [0.717, 1.165) is 5.75 Å². The summed E-state index contributed by atoms with van der Waals surface area (Å²) in [5, 5.41) is 0.488. The molecule has 0 rings (SSSR count). The predicted molar refractivity (Wildman–Crippen MR) is 52.7 cm³/mol. The van der Waals surface area contributed by atoms with Crippen LogP contribution in [-0.4, -0.2) is 29.9 Å². The number of hydrogen-bond acceptors (Lipinski definition) is 4. The quantitative estimate of drug-likeness (QED) is 0.385. The lowest BCUT2D eigenvalue weighted by Crippen LogP contribution is -2.15. The van der Waals surface area contributed by atoms with Gasteiger partial charge in [-0.05, 0) is 19.6 Å². The fourth-order valence-corrected chi connectivity index (χ4v) is 1.31. The Labute approximate surface area is 77.6 Å². The molecular formula is C8H15NO2S. The van der Waals surface area contributed by atoms with E-state index in [-0.39, 0.29) is 5.97 Å². The van der Waals surface area contributed by atoms with Gasteiger partial charge >= 0.3 is 5.97 Å². The highest BCUT2D eigenvalue weighted by molar-refractivity contribution is 8.15. The van der Waals surface area contributed by atoms with Crippen molar-refractivity contribution in [1.29, 1.82) is 0 Å². The lowest BCUT2D eigenvalue weighted by Gasteiger charge is -2.02. The zero-order valence-corrected chi connectivity index (χ0v) is 8.61. The second-order valence-electron chi connectivity index (χ2n) is 1.93. The summed E-state index contributed by atoms with van der Waals surface area (Å²) in [6.45, 7) is 6.70. The van der Waals surface area contributed by atoms with E-state index in [9.17, 15) is 4.79 Å². The summed E-state index contributed by atoms with van der Waals surface area (Å²) >= 11 is 1.42. The molecule has 0 atom stereocenters. The SMILES string of the molecule is CCN=C(SCC)C(=O)OCC. The van der Waals surface area contributed by atoms with Crippen LogP contribution in [0.4, 0.5) is 0 Å². The third-order valence-corrected chi connectivity index (χ3v) is 1.89. The average molecular weight is 189 g/mol. The van der Waals surface area contributed by atoms with Crippen LogP contribution in [0.3, 0.4) is 0 Å². The zero-order valence-electron chi connectivity index (χ0n) is 7.79. The predicted octanol–water partition coefficient (Wildman–Crippen LogP) is 1.72. The van der Waals surface area contributed by atoms with E-state index in [0.29, 0.717) is 18.2 Å². The number of aliphatic imine (C=N–C) groups is 1. The van der Waals surface area contributed by atoms with Gasteiger partial charge in [0.2, 0.25) is 0 Å². The van der Waals surface area contributed by atoms with Crippen LogP contribution in [0.15, 0.2) is 4.99 Å². The van der Waals surface area contributed by atoms with E-state index in [4.69, 9.17) is 4.74 Å². The van der Waals surface area contributed by atoms with E-state index >= 15 is 0 Å². The highest BCUT2D eigenvalue weighted by Gasteiger charge is 2.10. The van der Waals surface area contributed by atoms with E-state index in [1.54, 1.807) is 6.92 Å². The van der Waals surface area contributed by atoms with Crippen molar-refractivity contribution in [2.24, 2.45) is 4.99 Å². The maximum Gasteiger partial charge on any atom is 0.363 e. The number of nitrogens with zero attached hydrogens (tertiary/aromatic N) is 1. The molecule has 0 unspecified atom stereocenters. The van der Waals surface area contributed by atoms with Gasteiger partial charge in [-0.2, -0.15) is 0 Å². The average Bonchev–Trinajstić information content (AvgIpc) is 2.04. The number of ether oxygens (including phenoxy) is 1. The molecule has 0 aliphatic rings. The normalized spacial score (nSPS) is 11.4. The Hall–Kier alpha value is -0.510. The van der Waals surface area contributed by atoms with Gasteiger partial charge in [0, 0.05) is 6.54 Å². The Morgan fingerprint density at radius 1 is 1.42 bits per heavy atom. The Balaban J connectivity index is 4.09. The Kier molecular flexibility index (Phi) is 6.85. The topological polar surface area (TPSA) is 38.7 Å². The van der Waals surface area contributed by atoms with Crippen LogP contribution in [-0.2, 0) is 9.53 Å². The molecule has 4 heteroatoms. The molecule has 0 aliphatic carbocycles. The second-order valence-corrected chi connectivity index (χ2v) is 3.19. The Bertz CT molecular complexity index is 168. The minimum absolute atomic E-state index is 0.300. The van der Waals surface area contributed by atoms with Crippen molar-refractivity contribution >= 4 is 22.8 Å². The summed E-state index contributed by atoms with van der Waals surface area (Å²) in [5.74, 6) is 0.545. The first-order chi connectivity index (χ1) is 5.76. The van der Waals surface area contributed by atoms with E-state index in [1.807, 2.05) is 13.8 Å². The van der Waals surface area contributed by atoms with Gasteiger partial charge < -0.3 is 4.74 Å². The lowest BCUT2D eigenvalue weighted by molar-refractivity contribution is -0.134. The van der Waals surface area contributed by atoms with Crippen molar-refractivity contribution in [3.8, 4) is 0 Å². The number of esters is 1. The first kappa shape index (κ1) is 11.5. The smallest absolute Gasteiger partial charge is 0.363 e. The monoisotopic (exact) mass is 189 g/mol. The van der Waals surface area contributed by atoms with E-state index < -0.39 is 0 Å². The molecule has 0 aromatic carbocycles. The summed E-state index contributed by atoms with van der Waals surface area (Å²) in [4.78, 5) is 15.2. The molecule has 0 aromatic rings. The number of rotatable bonds is 3. The fourth-order valence-electron chi connectivity index (χ4n) is 0.642. The third kappa shape index (κ3) is 4.38. The Morgan fingerprint density at radius 2 is 2.08 bits per heavy atom. The molecule has 0 fully saturated rings. The number of carbonyl (C=O) groups is 1. The van der Waals surface area contributed by atoms with Gasteiger partial charge in [0.25, 0.3) is 0 Å². The maximum atomic E-state index is 11.1. The summed E-state index contributed by atoms with van der Waals surface area (Å²) in [7, 11) is 0. The molecule has 70 valence electrons. The van der Waals surface area contributed by atoms with Crippen LogP contribution in [0.25, 0.3) is 0 Å². The molecule has 0 saturated heterocycles. The summed E-state index contributed by atoms with van der Waals surface area (Å²) in [6.07, 6.45) is 0. The molecule has 0 radical (unpaired) electrons. The van der Waals surface area contributed by atoms with Gasteiger partial charge in [-0.1, -0.05) is 18.7 Å². The van der Waals surface area contributed by atoms with Crippen molar-refractivity contribution in [1.82, 2.24) is 0 Å². The first-order valence-electron chi connectivity index (χ1n) is 4.10. The highest BCUT2D eigenvalue weighted by atomic mass is 32.2. The largest absolute Gasteiger partial charge is 0.461 e. The van der Waals surface area contributed by atoms with Crippen LogP contribution < -0.4 is 0 Å². The van der Waals surface area contributed by atoms with Gasteiger partial charge in [0.1, 0.15) is 0 Å². The maximum absolute atomic E-state index is 11.1. The first-order valence-corrected chi connectivity index (χ1v) is 5.09. The number of thioether (sulfide) groups is 1. The molecule has 0 amide bonds. The molecule has 3 nitrogen and oxygen atoms in total. The number of hydrogen-bond donors (Lipinski definition) is 0. The van der Waals surface area contributed by atoms with Crippen LogP contribution in [0.1, 0.15) is 20.8 Å². The Morgan fingerprint density at radius 3 is 2.50 bits per heavy atom. The van der Waals surface area contributed by atoms with Crippen LogP contribution in [0.5, 0.6) is 0 Å². The second kappa shape index (κ2) is 7.16. The van der Waals surface area contributed by atoms with Crippen LogP contribution >= 0.6 is 11.8 Å². The molecule has 0 saturated carbocycles. The molecule has 0 heterocycles. The zero-order chi connectivity index (χ0) is 9.40. The third-order valence-electron chi connectivity index (χ3n) is 1.03. The molecule has 0 aliphatic heterocycles. The van der Waals surface area contributed by atoms with E-state index in [2.05, 4.69) is 4.99 Å². The summed E-state index contributed by atoms with van der Waals surface area (Å²) in [6, 6.07) is 0. The fraction of sp³-hybridized carbons (Fsp3) is 0.750. The summed E-state index contributed by atoms with van der Waals surface area (Å²) in [5.41, 5.74) is 0. The molecule has 12 heavy (non-hydrogen) atoms. The molecule has 0 N–H and O–H groups in total.